The van der Waals surface area contributed by atoms with E-state index in [1.165, 1.54) is 25.7 Å². The zero-order valence-corrected chi connectivity index (χ0v) is 18.6. The molecule has 0 N–H and O–H groups in total. The first-order chi connectivity index (χ1) is 14.6. The van der Waals surface area contributed by atoms with Crippen molar-refractivity contribution in [1.82, 2.24) is 14.8 Å². The Bertz CT molecular complexity index is 935. The van der Waals surface area contributed by atoms with Gasteiger partial charge in [0.1, 0.15) is 0 Å². The van der Waals surface area contributed by atoms with E-state index >= 15 is 0 Å². The minimum atomic E-state index is 0.137. The predicted octanol–water partition coefficient (Wildman–Crippen LogP) is 4.58. The molecule has 5 nitrogen and oxygen atoms in total. The summed E-state index contributed by atoms with van der Waals surface area (Å²) in [7, 11) is 2.01. The van der Waals surface area contributed by atoms with Crippen molar-refractivity contribution in [3.8, 4) is 0 Å². The number of benzene rings is 1. The molecule has 0 radical (unpaired) electrons. The van der Waals surface area contributed by atoms with Crippen LogP contribution < -0.4 is 0 Å². The van der Waals surface area contributed by atoms with Gasteiger partial charge in [-0.3, -0.25) is 9.59 Å². The van der Waals surface area contributed by atoms with E-state index in [1.807, 2.05) is 40.6 Å². The monoisotopic (exact) mass is 425 g/mol. The molecular weight excluding hydrogens is 394 g/mol. The van der Waals surface area contributed by atoms with Gasteiger partial charge >= 0.3 is 0 Å². The molecule has 2 heterocycles. The van der Waals surface area contributed by atoms with Crippen LogP contribution in [0.4, 0.5) is 0 Å². The standard InChI is InChI=1S/C24H31N3O2S/c1-26(23(28)10-16-4-2-3-5-16)20-11-17-8-9-27(14-19(17)12-20)24(29)18-6-7-21-22(13-18)30-15-25-21/h6-7,13,15-17,19-20H,2-5,8-12,14H2,1H3/t17-,19-,20+/m1/s1. The lowest BCUT2D eigenvalue weighted by atomic mass is 9.88. The number of fused-ring (bicyclic) bond motifs is 2. The molecule has 1 saturated heterocycles. The summed E-state index contributed by atoms with van der Waals surface area (Å²) in [6, 6.07) is 6.18. The van der Waals surface area contributed by atoms with E-state index in [9.17, 15) is 9.59 Å². The molecule has 2 aliphatic carbocycles. The maximum atomic E-state index is 13.1. The number of rotatable bonds is 4. The zero-order valence-electron chi connectivity index (χ0n) is 17.8. The highest BCUT2D eigenvalue weighted by Gasteiger charge is 2.41. The number of thiazole rings is 1. The third-order valence-electron chi connectivity index (χ3n) is 7.79. The molecule has 0 bridgehead atoms. The van der Waals surface area contributed by atoms with Gasteiger partial charge in [-0.1, -0.05) is 12.8 Å². The number of likely N-dealkylation sites (tertiary alicyclic amines) is 1. The average Bonchev–Trinajstić information content (AvgIpc) is 3.51. The van der Waals surface area contributed by atoms with Crippen LogP contribution in [-0.2, 0) is 4.79 Å². The Kier molecular flexibility index (Phi) is 5.52. The number of nitrogens with zero attached hydrogens (tertiary/aromatic N) is 3. The van der Waals surface area contributed by atoms with Crippen LogP contribution in [0.3, 0.4) is 0 Å². The summed E-state index contributed by atoms with van der Waals surface area (Å²) in [4.78, 5) is 34.3. The van der Waals surface area contributed by atoms with Crippen molar-refractivity contribution in [2.75, 3.05) is 20.1 Å². The molecule has 3 fully saturated rings. The molecule has 0 spiro atoms. The van der Waals surface area contributed by atoms with Crippen LogP contribution in [-0.4, -0.2) is 52.8 Å². The SMILES string of the molecule is CN(C(=O)CC1CCCC1)[C@H]1C[C@H]2CCN(C(=O)c3ccc4ncsc4c3)C[C@H]2C1. The van der Waals surface area contributed by atoms with Crippen molar-refractivity contribution in [2.24, 2.45) is 17.8 Å². The molecule has 1 aliphatic heterocycles. The lowest BCUT2D eigenvalue weighted by Gasteiger charge is -2.35. The van der Waals surface area contributed by atoms with Crippen LogP contribution >= 0.6 is 11.3 Å². The highest BCUT2D eigenvalue weighted by molar-refractivity contribution is 7.16. The van der Waals surface area contributed by atoms with Crippen LogP contribution in [0.1, 0.15) is 61.7 Å². The topological polar surface area (TPSA) is 53.5 Å². The largest absolute Gasteiger partial charge is 0.343 e. The summed E-state index contributed by atoms with van der Waals surface area (Å²) in [5.74, 6) is 2.23. The van der Waals surface area contributed by atoms with Crippen molar-refractivity contribution < 1.29 is 9.59 Å². The van der Waals surface area contributed by atoms with Crippen molar-refractivity contribution >= 4 is 33.4 Å². The van der Waals surface area contributed by atoms with Crippen LogP contribution in [0, 0.1) is 17.8 Å². The van der Waals surface area contributed by atoms with Gasteiger partial charge in [0, 0.05) is 38.2 Å². The minimum Gasteiger partial charge on any atom is -0.343 e. The van der Waals surface area contributed by atoms with Gasteiger partial charge in [0.15, 0.2) is 0 Å². The van der Waals surface area contributed by atoms with Crippen LogP contribution in [0.2, 0.25) is 0 Å². The molecule has 1 aromatic carbocycles. The summed E-state index contributed by atoms with van der Waals surface area (Å²) in [6.45, 7) is 1.65. The van der Waals surface area contributed by atoms with Crippen molar-refractivity contribution in [3.05, 3.63) is 29.3 Å². The lowest BCUT2D eigenvalue weighted by Crippen LogP contribution is -2.42. The van der Waals surface area contributed by atoms with Crippen molar-refractivity contribution in [2.45, 2.75) is 57.4 Å². The van der Waals surface area contributed by atoms with E-state index in [4.69, 9.17) is 0 Å². The van der Waals surface area contributed by atoms with Crippen LogP contribution in [0.15, 0.2) is 23.7 Å². The highest BCUT2D eigenvalue weighted by Crippen LogP contribution is 2.41. The lowest BCUT2D eigenvalue weighted by molar-refractivity contribution is -0.132. The molecule has 160 valence electrons. The van der Waals surface area contributed by atoms with Gasteiger partial charge in [0.05, 0.1) is 15.7 Å². The molecule has 5 rings (SSSR count). The number of hydrogen-bond donors (Lipinski definition) is 0. The quantitative estimate of drug-likeness (QED) is 0.721. The molecule has 1 aromatic heterocycles. The van der Waals surface area contributed by atoms with Crippen molar-refractivity contribution in [1.29, 1.82) is 0 Å². The summed E-state index contributed by atoms with van der Waals surface area (Å²) in [5, 5.41) is 0. The number of carbonyl (C=O) groups excluding carboxylic acids is 2. The maximum absolute atomic E-state index is 13.1. The Morgan fingerprint density at radius 1 is 1.17 bits per heavy atom. The van der Waals surface area contributed by atoms with Gasteiger partial charge in [-0.2, -0.15) is 0 Å². The number of amides is 2. The molecule has 6 heteroatoms. The fourth-order valence-corrected chi connectivity index (χ4v) is 6.65. The Labute approximate surface area is 182 Å². The van der Waals surface area contributed by atoms with Gasteiger partial charge in [-0.05, 0) is 68.1 Å². The Balaban J connectivity index is 1.20. The Hall–Kier alpha value is -1.95. The fourth-order valence-electron chi connectivity index (χ4n) is 5.93. The smallest absolute Gasteiger partial charge is 0.253 e. The van der Waals surface area contributed by atoms with Crippen LogP contribution in [0.5, 0.6) is 0 Å². The first-order valence-electron chi connectivity index (χ1n) is 11.5. The van der Waals surface area contributed by atoms with E-state index in [-0.39, 0.29) is 5.91 Å². The van der Waals surface area contributed by atoms with Crippen LogP contribution in [0.25, 0.3) is 10.2 Å². The van der Waals surface area contributed by atoms with Gasteiger partial charge in [-0.25, -0.2) is 4.98 Å². The second kappa shape index (κ2) is 8.29. The summed E-state index contributed by atoms with van der Waals surface area (Å²) in [6.07, 6.45) is 8.94. The van der Waals surface area contributed by atoms with E-state index in [2.05, 4.69) is 4.98 Å². The second-order valence-corrected chi connectivity index (χ2v) is 10.5. The molecule has 2 saturated carbocycles. The van der Waals surface area contributed by atoms with E-state index in [1.54, 1.807) is 11.3 Å². The average molecular weight is 426 g/mol. The third kappa shape index (κ3) is 3.86. The second-order valence-electron chi connectivity index (χ2n) is 9.58. The first kappa shape index (κ1) is 20.0. The predicted molar refractivity (Wildman–Crippen MR) is 119 cm³/mol. The summed E-state index contributed by atoms with van der Waals surface area (Å²) < 4.78 is 1.07. The number of piperidine rings is 1. The number of hydrogen-bond acceptors (Lipinski definition) is 4. The Morgan fingerprint density at radius 2 is 1.97 bits per heavy atom. The molecule has 30 heavy (non-hydrogen) atoms. The summed E-state index contributed by atoms with van der Waals surface area (Å²) >= 11 is 1.58. The van der Waals surface area contributed by atoms with Crippen molar-refractivity contribution in [3.63, 3.8) is 0 Å². The van der Waals surface area contributed by atoms with Gasteiger partial charge < -0.3 is 9.80 Å². The van der Waals surface area contributed by atoms with E-state index in [0.717, 1.165) is 54.6 Å². The molecular formula is C24H31N3O2S. The van der Waals surface area contributed by atoms with Gasteiger partial charge in [0.2, 0.25) is 5.91 Å². The number of carbonyl (C=O) groups is 2. The fraction of sp³-hybridized carbons (Fsp3) is 0.625. The normalized spacial score (nSPS) is 26.8. The highest BCUT2D eigenvalue weighted by atomic mass is 32.1. The third-order valence-corrected chi connectivity index (χ3v) is 8.58. The van der Waals surface area contributed by atoms with E-state index in [0.29, 0.717) is 29.7 Å². The minimum absolute atomic E-state index is 0.137. The molecule has 2 aromatic rings. The first-order valence-corrected chi connectivity index (χ1v) is 12.3. The Morgan fingerprint density at radius 3 is 2.80 bits per heavy atom. The maximum Gasteiger partial charge on any atom is 0.253 e. The van der Waals surface area contributed by atoms with Gasteiger partial charge in [-0.15, -0.1) is 11.3 Å². The van der Waals surface area contributed by atoms with Gasteiger partial charge in [0.25, 0.3) is 5.91 Å². The molecule has 3 atom stereocenters. The molecule has 0 unspecified atom stereocenters. The number of aromatic nitrogens is 1. The van der Waals surface area contributed by atoms with E-state index < -0.39 is 0 Å². The summed E-state index contributed by atoms with van der Waals surface area (Å²) in [5.41, 5.74) is 3.55. The zero-order chi connectivity index (χ0) is 20.7. The molecule has 3 aliphatic rings. The molecule has 2 amide bonds.